The zero-order valence-corrected chi connectivity index (χ0v) is 8.59. The van der Waals surface area contributed by atoms with E-state index in [0.29, 0.717) is 18.8 Å². The fraction of sp³-hybridized carbons (Fsp3) is 0.167. The van der Waals surface area contributed by atoms with Crippen LogP contribution in [-0.4, -0.2) is 16.0 Å². The second kappa shape index (κ2) is 3.48. The third-order valence-corrected chi connectivity index (χ3v) is 2.78. The number of nitrogens with zero attached hydrogens (tertiary/aromatic N) is 2. The highest BCUT2D eigenvalue weighted by Crippen LogP contribution is 2.23. The van der Waals surface area contributed by atoms with Crippen LogP contribution in [0.3, 0.4) is 0 Å². The summed E-state index contributed by atoms with van der Waals surface area (Å²) >= 11 is 0. The Kier molecular flexibility index (Phi) is 1.99. The van der Waals surface area contributed by atoms with Gasteiger partial charge in [0.15, 0.2) is 0 Å². The SMILES string of the molecule is O=C(c1ccno1)N1Cc2ccccc2C1. The zero-order valence-electron chi connectivity index (χ0n) is 8.59. The number of amides is 1. The van der Waals surface area contributed by atoms with Gasteiger partial charge in [0.2, 0.25) is 5.76 Å². The van der Waals surface area contributed by atoms with Gasteiger partial charge in [-0.05, 0) is 11.1 Å². The average molecular weight is 214 g/mol. The van der Waals surface area contributed by atoms with Gasteiger partial charge >= 0.3 is 0 Å². The van der Waals surface area contributed by atoms with Crippen molar-refractivity contribution in [2.24, 2.45) is 0 Å². The van der Waals surface area contributed by atoms with Crippen molar-refractivity contribution in [3.05, 3.63) is 53.4 Å². The van der Waals surface area contributed by atoms with Gasteiger partial charge in [0.25, 0.3) is 5.91 Å². The lowest BCUT2D eigenvalue weighted by Crippen LogP contribution is -2.24. The van der Waals surface area contributed by atoms with Crippen LogP contribution in [0.4, 0.5) is 0 Å². The Morgan fingerprint density at radius 3 is 2.44 bits per heavy atom. The Labute approximate surface area is 92.5 Å². The van der Waals surface area contributed by atoms with Crippen LogP contribution in [0.2, 0.25) is 0 Å². The molecule has 0 aliphatic carbocycles. The van der Waals surface area contributed by atoms with Crippen LogP contribution in [-0.2, 0) is 13.1 Å². The molecule has 0 spiro atoms. The van der Waals surface area contributed by atoms with Crippen LogP contribution in [0.25, 0.3) is 0 Å². The summed E-state index contributed by atoms with van der Waals surface area (Å²) in [6.07, 6.45) is 1.48. The van der Waals surface area contributed by atoms with Crippen molar-refractivity contribution in [2.75, 3.05) is 0 Å². The molecule has 16 heavy (non-hydrogen) atoms. The normalized spacial score (nSPS) is 13.9. The van der Waals surface area contributed by atoms with E-state index in [1.165, 1.54) is 17.3 Å². The zero-order chi connectivity index (χ0) is 11.0. The quantitative estimate of drug-likeness (QED) is 0.727. The molecule has 1 amide bonds. The number of carbonyl (C=O) groups is 1. The van der Waals surface area contributed by atoms with Crippen molar-refractivity contribution >= 4 is 5.91 Å². The van der Waals surface area contributed by atoms with E-state index in [-0.39, 0.29) is 5.91 Å². The highest BCUT2D eigenvalue weighted by molar-refractivity contribution is 5.91. The predicted octanol–water partition coefficient (Wildman–Crippen LogP) is 1.83. The first kappa shape index (κ1) is 9.15. The Balaban J connectivity index is 1.84. The number of hydrogen-bond donors (Lipinski definition) is 0. The number of fused-ring (bicyclic) bond motifs is 1. The first-order valence-electron chi connectivity index (χ1n) is 5.11. The number of aromatic nitrogens is 1. The molecule has 3 rings (SSSR count). The molecule has 0 atom stereocenters. The van der Waals surface area contributed by atoms with Crippen LogP contribution < -0.4 is 0 Å². The van der Waals surface area contributed by atoms with Gasteiger partial charge in [-0.2, -0.15) is 0 Å². The molecule has 0 N–H and O–H groups in total. The molecule has 0 saturated heterocycles. The minimum atomic E-state index is -0.103. The topological polar surface area (TPSA) is 46.3 Å². The molecule has 4 nitrogen and oxygen atoms in total. The van der Waals surface area contributed by atoms with Crippen molar-refractivity contribution in [1.82, 2.24) is 10.1 Å². The lowest BCUT2D eigenvalue weighted by molar-refractivity contribution is 0.0709. The molecule has 0 fully saturated rings. The van der Waals surface area contributed by atoms with E-state index in [1.807, 2.05) is 24.3 Å². The molecule has 4 heteroatoms. The molecule has 2 heterocycles. The molecular formula is C12H10N2O2. The first-order valence-corrected chi connectivity index (χ1v) is 5.11. The van der Waals surface area contributed by atoms with Crippen molar-refractivity contribution in [2.45, 2.75) is 13.1 Å². The van der Waals surface area contributed by atoms with Crippen molar-refractivity contribution < 1.29 is 9.32 Å². The summed E-state index contributed by atoms with van der Waals surface area (Å²) in [4.78, 5) is 13.7. The average Bonchev–Trinajstić information content (AvgIpc) is 2.97. The van der Waals surface area contributed by atoms with Gasteiger partial charge in [0, 0.05) is 19.2 Å². The summed E-state index contributed by atoms with van der Waals surface area (Å²) < 4.78 is 4.87. The van der Waals surface area contributed by atoms with Gasteiger partial charge in [-0.25, -0.2) is 0 Å². The number of rotatable bonds is 1. The van der Waals surface area contributed by atoms with E-state index in [4.69, 9.17) is 4.52 Å². The van der Waals surface area contributed by atoms with Gasteiger partial charge in [-0.15, -0.1) is 0 Å². The predicted molar refractivity (Wildman–Crippen MR) is 56.5 cm³/mol. The molecule has 0 saturated carbocycles. The maximum atomic E-state index is 12.0. The van der Waals surface area contributed by atoms with Crippen molar-refractivity contribution in [3.8, 4) is 0 Å². The number of carbonyl (C=O) groups excluding carboxylic acids is 1. The summed E-state index contributed by atoms with van der Waals surface area (Å²) in [5.74, 6) is 0.196. The van der Waals surface area contributed by atoms with Crippen LogP contribution in [0.1, 0.15) is 21.7 Å². The lowest BCUT2D eigenvalue weighted by Gasteiger charge is -2.12. The molecule has 2 aromatic rings. The van der Waals surface area contributed by atoms with Crippen LogP contribution in [0.5, 0.6) is 0 Å². The Morgan fingerprint density at radius 1 is 1.19 bits per heavy atom. The number of benzene rings is 1. The van der Waals surface area contributed by atoms with E-state index in [2.05, 4.69) is 5.16 Å². The number of hydrogen-bond acceptors (Lipinski definition) is 3. The lowest BCUT2D eigenvalue weighted by atomic mass is 10.1. The van der Waals surface area contributed by atoms with E-state index < -0.39 is 0 Å². The summed E-state index contributed by atoms with van der Waals surface area (Å²) in [6, 6.07) is 9.65. The standard InChI is InChI=1S/C12H10N2O2/c15-12(11-5-6-13-16-11)14-7-9-3-1-2-4-10(9)8-14/h1-6H,7-8H2. The highest BCUT2D eigenvalue weighted by atomic mass is 16.5. The van der Waals surface area contributed by atoms with E-state index in [9.17, 15) is 4.79 Å². The van der Waals surface area contributed by atoms with Gasteiger partial charge < -0.3 is 9.42 Å². The van der Waals surface area contributed by atoms with Gasteiger partial charge in [0.05, 0.1) is 6.20 Å². The first-order chi connectivity index (χ1) is 7.84. The molecule has 1 aromatic heterocycles. The van der Waals surface area contributed by atoms with Gasteiger partial charge in [-0.1, -0.05) is 29.4 Å². The molecule has 0 radical (unpaired) electrons. The molecule has 80 valence electrons. The molecule has 0 unspecified atom stereocenters. The van der Waals surface area contributed by atoms with Gasteiger partial charge in [0.1, 0.15) is 0 Å². The summed E-state index contributed by atoms with van der Waals surface area (Å²) in [6.45, 7) is 1.30. The third-order valence-electron chi connectivity index (χ3n) is 2.78. The largest absolute Gasteiger partial charge is 0.351 e. The molecule has 1 aromatic carbocycles. The second-order valence-corrected chi connectivity index (χ2v) is 3.81. The summed E-state index contributed by atoms with van der Waals surface area (Å²) in [5.41, 5.74) is 2.41. The Bertz CT molecular complexity index is 495. The second-order valence-electron chi connectivity index (χ2n) is 3.81. The van der Waals surface area contributed by atoms with Gasteiger partial charge in [-0.3, -0.25) is 4.79 Å². The minimum Gasteiger partial charge on any atom is -0.351 e. The van der Waals surface area contributed by atoms with Crippen LogP contribution in [0.15, 0.2) is 41.1 Å². The molecule has 1 aliphatic rings. The molecule has 1 aliphatic heterocycles. The summed E-state index contributed by atoms with van der Waals surface area (Å²) in [5, 5.41) is 3.54. The third kappa shape index (κ3) is 1.39. The van der Waals surface area contributed by atoms with Crippen LogP contribution >= 0.6 is 0 Å². The maximum absolute atomic E-state index is 12.0. The Hall–Kier alpha value is -2.10. The van der Waals surface area contributed by atoms with E-state index in [0.717, 1.165) is 0 Å². The van der Waals surface area contributed by atoms with Crippen LogP contribution in [0, 0.1) is 0 Å². The minimum absolute atomic E-state index is 0.103. The Morgan fingerprint density at radius 2 is 1.88 bits per heavy atom. The molecule has 0 bridgehead atoms. The fourth-order valence-electron chi connectivity index (χ4n) is 1.96. The van der Waals surface area contributed by atoms with Crippen molar-refractivity contribution in [3.63, 3.8) is 0 Å². The molecular weight excluding hydrogens is 204 g/mol. The highest BCUT2D eigenvalue weighted by Gasteiger charge is 2.25. The van der Waals surface area contributed by atoms with E-state index in [1.54, 1.807) is 11.0 Å². The van der Waals surface area contributed by atoms with Crippen molar-refractivity contribution in [1.29, 1.82) is 0 Å². The van der Waals surface area contributed by atoms with E-state index >= 15 is 0 Å². The fourth-order valence-corrected chi connectivity index (χ4v) is 1.96. The smallest absolute Gasteiger partial charge is 0.293 e. The maximum Gasteiger partial charge on any atom is 0.293 e. The monoisotopic (exact) mass is 214 g/mol. The summed E-state index contributed by atoms with van der Waals surface area (Å²) in [7, 11) is 0.